The molecular weight excluding hydrogens is 348 g/mol. The van der Waals surface area contributed by atoms with Crippen LogP contribution in [-0.4, -0.2) is 39.9 Å². The summed E-state index contributed by atoms with van der Waals surface area (Å²) in [5.41, 5.74) is 0.700. The van der Waals surface area contributed by atoms with Gasteiger partial charge in [0.25, 0.3) is 5.91 Å². The van der Waals surface area contributed by atoms with Gasteiger partial charge in [0.15, 0.2) is 11.6 Å². The van der Waals surface area contributed by atoms with Crippen molar-refractivity contribution in [3.05, 3.63) is 47.8 Å². The van der Waals surface area contributed by atoms with Gasteiger partial charge in [-0.05, 0) is 31.9 Å². The maximum atomic E-state index is 12.7. The minimum absolute atomic E-state index is 0.0540. The van der Waals surface area contributed by atoms with E-state index in [1.54, 1.807) is 17.9 Å². The third-order valence-corrected chi connectivity index (χ3v) is 4.77. The summed E-state index contributed by atoms with van der Waals surface area (Å²) in [5.74, 6) is 0.947. The van der Waals surface area contributed by atoms with Gasteiger partial charge < -0.3 is 19.2 Å². The summed E-state index contributed by atoms with van der Waals surface area (Å²) in [5, 5.41) is 7.42. The highest BCUT2D eigenvalue weighted by molar-refractivity contribution is 5.96. The van der Waals surface area contributed by atoms with Gasteiger partial charge in [-0.3, -0.25) is 9.59 Å². The lowest BCUT2D eigenvalue weighted by molar-refractivity contribution is -0.126. The monoisotopic (exact) mass is 368 g/mol. The molecule has 4 rings (SSSR count). The number of likely N-dealkylation sites (tertiary alicyclic amines) is 1. The van der Waals surface area contributed by atoms with E-state index in [0.29, 0.717) is 49.0 Å². The van der Waals surface area contributed by atoms with Crippen LogP contribution in [0.4, 0.5) is 0 Å². The molecule has 3 aromatic rings. The number of carbonyl (C=O) groups excluding carboxylic acids is 2. The summed E-state index contributed by atoms with van der Waals surface area (Å²) in [6.07, 6.45) is 1.22. The van der Waals surface area contributed by atoms with E-state index in [1.807, 2.05) is 24.3 Å². The highest BCUT2D eigenvalue weighted by Gasteiger charge is 2.29. The second-order valence-corrected chi connectivity index (χ2v) is 6.67. The summed E-state index contributed by atoms with van der Waals surface area (Å²) >= 11 is 0. The first-order valence-corrected chi connectivity index (χ1v) is 8.95. The maximum absolute atomic E-state index is 12.7. The molecular formula is C19H20N4O4. The van der Waals surface area contributed by atoms with E-state index in [-0.39, 0.29) is 24.3 Å². The molecule has 1 aliphatic heterocycles. The van der Waals surface area contributed by atoms with Crippen LogP contribution in [0.3, 0.4) is 0 Å². The van der Waals surface area contributed by atoms with Gasteiger partial charge in [-0.1, -0.05) is 23.4 Å². The van der Waals surface area contributed by atoms with Gasteiger partial charge in [-0.2, -0.15) is 4.98 Å². The Morgan fingerprint density at radius 2 is 2.04 bits per heavy atom. The molecule has 8 heteroatoms. The number of benzene rings is 1. The van der Waals surface area contributed by atoms with Crippen molar-refractivity contribution in [1.29, 1.82) is 0 Å². The second kappa shape index (κ2) is 7.22. The fraction of sp³-hybridized carbons (Fsp3) is 0.368. The zero-order valence-electron chi connectivity index (χ0n) is 15.0. The molecule has 1 saturated heterocycles. The molecule has 1 N–H and O–H groups in total. The van der Waals surface area contributed by atoms with Crippen molar-refractivity contribution in [1.82, 2.24) is 20.4 Å². The number of nitrogens with one attached hydrogen (secondary N) is 1. The molecule has 8 nitrogen and oxygen atoms in total. The van der Waals surface area contributed by atoms with E-state index in [9.17, 15) is 9.59 Å². The normalized spacial score (nSPS) is 15.2. The van der Waals surface area contributed by atoms with Crippen LogP contribution in [0.5, 0.6) is 0 Å². The Labute approximate surface area is 155 Å². The molecule has 2 amide bonds. The Hall–Kier alpha value is -3.16. The van der Waals surface area contributed by atoms with Crippen molar-refractivity contribution in [3.63, 3.8) is 0 Å². The zero-order chi connectivity index (χ0) is 18.8. The van der Waals surface area contributed by atoms with Gasteiger partial charge >= 0.3 is 0 Å². The fourth-order valence-electron chi connectivity index (χ4n) is 3.31. The number of amides is 2. The van der Waals surface area contributed by atoms with Crippen molar-refractivity contribution in [2.75, 3.05) is 13.1 Å². The van der Waals surface area contributed by atoms with Crippen LogP contribution in [-0.2, 0) is 11.3 Å². The van der Waals surface area contributed by atoms with Crippen LogP contribution < -0.4 is 5.32 Å². The molecule has 27 heavy (non-hydrogen) atoms. The molecule has 0 bridgehead atoms. The van der Waals surface area contributed by atoms with Crippen molar-refractivity contribution in [2.45, 2.75) is 26.3 Å². The number of rotatable bonds is 4. The van der Waals surface area contributed by atoms with Gasteiger partial charge in [-0.25, -0.2) is 0 Å². The number of carbonyl (C=O) groups is 2. The van der Waals surface area contributed by atoms with Crippen molar-refractivity contribution < 1.29 is 18.5 Å². The van der Waals surface area contributed by atoms with Crippen molar-refractivity contribution in [3.8, 4) is 0 Å². The first kappa shape index (κ1) is 17.3. The largest absolute Gasteiger partial charge is 0.451 e. The predicted octanol–water partition coefficient (Wildman–Crippen LogP) is 2.29. The molecule has 1 fully saturated rings. The number of furan rings is 1. The average molecular weight is 368 g/mol. The van der Waals surface area contributed by atoms with E-state index in [4.69, 9.17) is 8.94 Å². The molecule has 0 unspecified atom stereocenters. The van der Waals surface area contributed by atoms with Crippen LogP contribution in [0.15, 0.2) is 39.3 Å². The summed E-state index contributed by atoms with van der Waals surface area (Å²) in [6.45, 7) is 2.99. The smallest absolute Gasteiger partial charge is 0.289 e. The maximum Gasteiger partial charge on any atom is 0.289 e. The number of aryl methyl sites for hydroxylation is 1. The summed E-state index contributed by atoms with van der Waals surface area (Å²) in [6, 6.07) is 9.30. The molecule has 0 atom stereocenters. The lowest BCUT2D eigenvalue weighted by Crippen LogP contribution is -2.42. The Kier molecular flexibility index (Phi) is 4.62. The first-order chi connectivity index (χ1) is 13.1. The molecule has 0 radical (unpaired) electrons. The minimum Gasteiger partial charge on any atom is -0.451 e. The van der Waals surface area contributed by atoms with Crippen LogP contribution in [0.2, 0.25) is 0 Å². The minimum atomic E-state index is -0.133. The Morgan fingerprint density at radius 1 is 1.26 bits per heavy atom. The topological polar surface area (TPSA) is 101 Å². The highest BCUT2D eigenvalue weighted by atomic mass is 16.5. The van der Waals surface area contributed by atoms with Crippen LogP contribution >= 0.6 is 0 Å². The van der Waals surface area contributed by atoms with Crippen LogP contribution in [0.1, 0.15) is 35.1 Å². The lowest BCUT2D eigenvalue weighted by atomic mass is 9.95. The molecule has 2 aromatic heterocycles. The van der Waals surface area contributed by atoms with Gasteiger partial charge in [0.2, 0.25) is 11.8 Å². The third kappa shape index (κ3) is 3.69. The second-order valence-electron chi connectivity index (χ2n) is 6.67. The predicted molar refractivity (Wildman–Crippen MR) is 95.7 cm³/mol. The van der Waals surface area contributed by atoms with Crippen LogP contribution in [0, 0.1) is 12.8 Å². The number of para-hydroxylation sites is 1. The third-order valence-electron chi connectivity index (χ3n) is 4.77. The Morgan fingerprint density at radius 3 is 2.74 bits per heavy atom. The number of aromatic nitrogens is 2. The fourth-order valence-corrected chi connectivity index (χ4v) is 3.31. The number of nitrogens with zero attached hydrogens (tertiary/aromatic N) is 3. The Balaban J connectivity index is 1.31. The van der Waals surface area contributed by atoms with Gasteiger partial charge in [-0.15, -0.1) is 0 Å². The van der Waals surface area contributed by atoms with E-state index in [2.05, 4.69) is 15.5 Å². The highest BCUT2D eigenvalue weighted by Crippen LogP contribution is 2.23. The van der Waals surface area contributed by atoms with Gasteiger partial charge in [0.1, 0.15) is 5.58 Å². The Bertz CT molecular complexity index is 936. The number of hydrogen-bond donors (Lipinski definition) is 1. The summed E-state index contributed by atoms with van der Waals surface area (Å²) < 4.78 is 10.6. The van der Waals surface area contributed by atoms with E-state index < -0.39 is 0 Å². The van der Waals surface area contributed by atoms with Gasteiger partial charge in [0, 0.05) is 24.4 Å². The quantitative estimate of drug-likeness (QED) is 0.758. The van der Waals surface area contributed by atoms with E-state index in [1.165, 1.54) is 0 Å². The standard InChI is InChI=1S/C19H20N4O4/c1-12-21-17(27-22-12)11-20-18(24)13-6-8-23(9-7-13)19(25)16-10-14-4-2-3-5-15(14)26-16/h2-5,10,13H,6-9,11H2,1H3,(H,20,24). The first-order valence-electron chi connectivity index (χ1n) is 8.95. The molecule has 1 aromatic carbocycles. The molecule has 1 aliphatic rings. The summed E-state index contributed by atoms with van der Waals surface area (Å²) in [7, 11) is 0. The average Bonchev–Trinajstić information content (AvgIpc) is 3.31. The van der Waals surface area contributed by atoms with E-state index in [0.717, 1.165) is 5.39 Å². The van der Waals surface area contributed by atoms with E-state index >= 15 is 0 Å². The molecule has 0 spiro atoms. The lowest BCUT2D eigenvalue weighted by Gasteiger charge is -2.30. The van der Waals surface area contributed by atoms with Crippen molar-refractivity contribution in [2.24, 2.45) is 5.92 Å². The number of hydrogen-bond acceptors (Lipinski definition) is 6. The zero-order valence-corrected chi connectivity index (χ0v) is 15.0. The molecule has 0 aliphatic carbocycles. The van der Waals surface area contributed by atoms with Crippen molar-refractivity contribution >= 4 is 22.8 Å². The molecule has 3 heterocycles. The summed E-state index contributed by atoms with van der Waals surface area (Å²) in [4.78, 5) is 30.8. The number of fused-ring (bicyclic) bond motifs is 1. The molecule has 0 saturated carbocycles. The van der Waals surface area contributed by atoms with Crippen LogP contribution in [0.25, 0.3) is 11.0 Å². The van der Waals surface area contributed by atoms with Gasteiger partial charge in [0.05, 0.1) is 6.54 Å². The molecule has 140 valence electrons. The SMILES string of the molecule is Cc1noc(CNC(=O)C2CCN(C(=O)c3cc4ccccc4o3)CC2)n1. The number of piperidine rings is 1.